The summed E-state index contributed by atoms with van der Waals surface area (Å²) in [5.41, 5.74) is 2.50. The van der Waals surface area contributed by atoms with Crippen molar-refractivity contribution < 1.29 is 9.53 Å². The molecule has 0 radical (unpaired) electrons. The number of hydrogen-bond donors (Lipinski definition) is 1. The van der Waals surface area contributed by atoms with Crippen LogP contribution in [0.5, 0.6) is 5.75 Å². The average Bonchev–Trinajstić information content (AvgIpc) is 2.78. The fourth-order valence-corrected chi connectivity index (χ4v) is 4.65. The third-order valence-electron chi connectivity index (χ3n) is 4.31. The van der Waals surface area contributed by atoms with Gasteiger partial charge in [0, 0.05) is 16.3 Å². The van der Waals surface area contributed by atoms with Crippen LogP contribution in [0.15, 0.2) is 70.7 Å². The predicted octanol–water partition coefficient (Wildman–Crippen LogP) is 6.70. The Hall–Kier alpha value is -2.85. The highest BCUT2D eigenvalue weighted by molar-refractivity contribution is 14.1. The van der Waals surface area contributed by atoms with Gasteiger partial charge in [0.25, 0.3) is 5.91 Å². The molecular weight excluding hydrogens is 605 g/mol. The largest absolute Gasteiger partial charge is 0.487 e. The summed E-state index contributed by atoms with van der Waals surface area (Å²) in [6.07, 6.45) is 1.51. The molecule has 3 aromatic rings. The maximum atomic E-state index is 12.5. The molecule has 0 heterocycles. The van der Waals surface area contributed by atoms with E-state index >= 15 is 0 Å². The summed E-state index contributed by atoms with van der Waals surface area (Å²) >= 11 is 11.5. The third-order valence-corrected chi connectivity index (χ3v) is 5.95. The van der Waals surface area contributed by atoms with Crippen LogP contribution in [0.3, 0.4) is 0 Å². The van der Waals surface area contributed by atoms with Crippen LogP contribution in [0.1, 0.15) is 16.7 Å². The molecule has 0 atom stereocenters. The van der Waals surface area contributed by atoms with Gasteiger partial charge in [-0.25, -0.2) is 0 Å². The highest BCUT2D eigenvalue weighted by Gasteiger charge is 2.13. The molecule has 158 valence electrons. The van der Waals surface area contributed by atoms with E-state index < -0.39 is 5.91 Å². The zero-order valence-corrected chi connectivity index (χ0v) is 20.9. The number of hydrogen-bond acceptors (Lipinski definition) is 4. The monoisotopic (exact) mass is 617 g/mol. The van der Waals surface area contributed by atoms with E-state index in [1.54, 1.807) is 42.5 Å². The van der Waals surface area contributed by atoms with E-state index in [4.69, 9.17) is 16.3 Å². The van der Waals surface area contributed by atoms with Crippen LogP contribution in [0.25, 0.3) is 6.08 Å². The van der Waals surface area contributed by atoms with Crippen molar-refractivity contribution in [3.63, 3.8) is 0 Å². The minimum atomic E-state index is -0.519. The summed E-state index contributed by atoms with van der Waals surface area (Å²) in [5.74, 6) is 0.0917. The second kappa shape index (κ2) is 11.1. The van der Waals surface area contributed by atoms with Gasteiger partial charge in [0.05, 0.1) is 19.7 Å². The Balaban J connectivity index is 1.78. The lowest BCUT2D eigenvalue weighted by Gasteiger charge is -2.12. The molecule has 0 bridgehead atoms. The Labute approximate surface area is 212 Å². The van der Waals surface area contributed by atoms with Crippen molar-refractivity contribution in [2.24, 2.45) is 0 Å². The standard InChI is InChI=1S/C24H14BrClIN3O2/c25-21-10-15(9-18(13-29)24(31)30-20-7-5-19(26)6-8-20)11-22(27)23(21)32-14-17-4-2-1-3-16(17)12-28/h1-11H,14H2,(H,30,31)/b18-9-. The van der Waals surface area contributed by atoms with Crippen LogP contribution in [0.2, 0.25) is 5.02 Å². The van der Waals surface area contributed by atoms with Crippen LogP contribution in [-0.2, 0) is 11.4 Å². The number of carbonyl (C=O) groups excluding carboxylic acids is 1. The summed E-state index contributed by atoms with van der Waals surface area (Å²) in [6.45, 7) is 0.237. The smallest absolute Gasteiger partial charge is 0.266 e. The van der Waals surface area contributed by atoms with Gasteiger partial charge < -0.3 is 10.1 Å². The maximum Gasteiger partial charge on any atom is 0.266 e. The minimum absolute atomic E-state index is 0.0423. The van der Waals surface area contributed by atoms with Crippen molar-refractivity contribution in [3.8, 4) is 17.9 Å². The van der Waals surface area contributed by atoms with Gasteiger partial charge in [0.15, 0.2) is 0 Å². The first-order valence-electron chi connectivity index (χ1n) is 9.20. The lowest BCUT2D eigenvalue weighted by molar-refractivity contribution is -0.112. The number of nitrogens with one attached hydrogen (secondary N) is 1. The number of anilines is 1. The molecule has 0 spiro atoms. The Bertz CT molecular complexity index is 1250. The molecule has 3 rings (SSSR count). The molecule has 1 N–H and O–H groups in total. The van der Waals surface area contributed by atoms with E-state index in [0.717, 1.165) is 9.13 Å². The highest BCUT2D eigenvalue weighted by Crippen LogP contribution is 2.33. The number of rotatable bonds is 6. The van der Waals surface area contributed by atoms with Crippen molar-refractivity contribution in [3.05, 3.63) is 96.0 Å². The number of nitriles is 2. The Morgan fingerprint density at radius 3 is 2.53 bits per heavy atom. The van der Waals surface area contributed by atoms with Crippen LogP contribution in [0.4, 0.5) is 5.69 Å². The number of nitrogens with zero attached hydrogens (tertiary/aromatic N) is 2. The normalized spacial score (nSPS) is 10.7. The summed E-state index contributed by atoms with van der Waals surface area (Å²) < 4.78 is 7.39. The van der Waals surface area contributed by atoms with Gasteiger partial charge in [-0.15, -0.1) is 0 Å². The summed E-state index contributed by atoms with van der Waals surface area (Å²) in [6, 6.07) is 21.5. The second-order valence-corrected chi connectivity index (χ2v) is 8.96. The first-order chi connectivity index (χ1) is 15.4. The molecule has 0 aromatic heterocycles. The SMILES string of the molecule is N#C/C(=C/c1cc(Br)c(OCc2ccccc2C#N)c(I)c1)C(=O)Nc1ccc(Cl)cc1. The lowest BCUT2D eigenvalue weighted by Crippen LogP contribution is -2.13. The lowest BCUT2D eigenvalue weighted by atomic mass is 10.1. The molecular formula is C24H14BrClIN3O2. The van der Waals surface area contributed by atoms with Gasteiger partial charge in [-0.3, -0.25) is 4.79 Å². The summed E-state index contributed by atoms with van der Waals surface area (Å²) in [7, 11) is 0. The molecule has 0 saturated carbocycles. The zero-order chi connectivity index (χ0) is 23.1. The Morgan fingerprint density at radius 1 is 1.16 bits per heavy atom. The molecule has 5 nitrogen and oxygen atoms in total. The van der Waals surface area contributed by atoms with E-state index in [1.165, 1.54) is 6.08 Å². The van der Waals surface area contributed by atoms with Crippen molar-refractivity contribution in [1.29, 1.82) is 10.5 Å². The van der Waals surface area contributed by atoms with Gasteiger partial charge in [0.2, 0.25) is 0 Å². The minimum Gasteiger partial charge on any atom is -0.487 e. The first kappa shape index (κ1) is 23.8. The van der Waals surface area contributed by atoms with Gasteiger partial charge >= 0.3 is 0 Å². The number of carbonyl (C=O) groups is 1. The van der Waals surface area contributed by atoms with Crippen LogP contribution >= 0.6 is 50.1 Å². The van der Waals surface area contributed by atoms with Crippen molar-refractivity contribution in [1.82, 2.24) is 0 Å². The molecule has 0 saturated heterocycles. The molecule has 32 heavy (non-hydrogen) atoms. The van der Waals surface area contributed by atoms with Gasteiger partial charge in [-0.05, 0) is 92.6 Å². The topological polar surface area (TPSA) is 85.9 Å². The average molecular weight is 619 g/mol. The van der Waals surface area contributed by atoms with Crippen molar-refractivity contribution >= 4 is 67.8 Å². The fraction of sp³-hybridized carbons (Fsp3) is 0.0417. The van der Waals surface area contributed by atoms with Crippen molar-refractivity contribution in [2.75, 3.05) is 5.32 Å². The van der Waals surface area contributed by atoms with E-state index in [-0.39, 0.29) is 12.2 Å². The maximum absolute atomic E-state index is 12.5. The van der Waals surface area contributed by atoms with Gasteiger partial charge in [-0.1, -0.05) is 29.8 Å². The van der Waals surface area contributed by atoms with E-state index in [1.807, 2.05) is 24.3 Å². The third kappa shape index (κ3) is 6.10. The van der Waals surface area contributed by atoms with Gasteiger partial charge in [0.1, 0.15) is 24.0 Å². The van der Waals surface area contributed by atoms with Gasteiger partial charge in [-0.2, -0.15) is 10.5 Å². The number of halogens is 3. The predicted molar refractivity (Wildman–Crippen MR) is 136 cm³/mol. The quantitative estimate of drug-likeness (QED) is 0.189. The zero-order valence-electron chi connectivity index (χ0n) is 16.4. The Morgan fingerprint density at radius 2 is 1.88 bits per heavy atom. The van der Waals surface area contributed by atoms with E-state index in [9.17, 15) is 15.3 Å². The molecule has 1 amide bonds. The number of amides is 1. The highest BCUT2D eigenvalue weighted by atomic mass is 127. The fourth-order valence-electron chi connectivity index (χ4n) is 2.75. The molecule has 8 heteroatoms. The molecule has 0 unspecified atom stereocenters. The summed E-state index contributed by atoms with van der Waals surface area (Å²) in [4.78, 5) is 12.5. The molecule has 0 aliphatic carbocycles. The van der Waals surface area contributed by atoms with Crippen LogP contribution < -0.4 is 10.1 Å². The number of ether oxygens (including phenoxy) is 1. The second-order valence-electron chi connectivity index (χ2n) is 6.50. The molecule has 0 aliphatic rings. The van der Waals surface area contributed by atoms with E-state index in [2.05, 4.69) is 49.9 Å². The van der Waals surface area contributed by atoms with E-state index in [0.29, 0.717) is 32.1 Å². The molecule has 0 fully saturated rings. The van der Waals surface area contributed by atoms with Crippen molar-refractivity contribution in [2.45, 2.75) is 6.61 Å². The van der Waals surface area contributed by atoms with Crippen LogP contribution in [-0.4, -0.2) is 5.91 Å². The summed E-state index contributed by atoms with van der Waals surface area (Å²) in [5, 5.41) is 21.9. The number of benzene rings is 3. The molecule has 3 aromatic carbocycles. The Kier molecular flexibility index (Phi) is 8.29. The first-order valence-corrected chi connectivity index (χ1v) is 11.4. The molecule has 0 aliphatic heterocycles. The van der Waals surface area contributed by atoms with Crippen LogP contribution in [0, 0.1) is 26.2 Å².